The number of rotatable bonds is 3. The Bertz CT molecular complexity index is 947. The number of fused-ring (bicyclic) bond motifs is 1. The predicted molar refractivity (Wildman–Crippen MR) is 85.1 cm³/mol. The highest BCUT2D eigenvalue weighted by Gasteiger charge is 2.12. The SMILES string of the molecule is Cc1ccc(C(=O)OCn2nnc3ccccc3c2=O)c(C)c1. The molecule has 0 amide bonds. The van der Waals surface area contributed by atoms with Crippen LogP contribution in [-0.4, -0.2) is 21.0 Å². The van der Waals surface area contributed by atoms with Crippen molar-refractivity contribution in [3.05, 3.63) is 69.5 Å². The Hall–Kier alpha value is -3.02. The van der Waals surface area contributed by atoms with E-state index in [1.54, 1.807) is 30.3 Å². The minimum atomic E-state index is -0.496. The molecule has 0 spiro atoms. The molecule has 0 radical (unpaired) electrons. The summed E-state index contributed by atoms with van der Waals surface area (Å²) in [7, 11) is 0. The van der Waals surface area contributed by atoms with Crippen LogP contribution in [-0.2, 0) is 11.5 Å². The first-order chi connectivity index (χ1) is 11.1. The normalized spacial score (nSPS) is 10.7. The van der Waals surface area contributed by atoms with Crippen molar-refractivity contribution in [1.29, 1.82) is 0 Å². The fraction of sp³-hybridized carbons (Fsp3) is 0.176. The zero-order valence-electron chi connectivity index (χ0n) is 12.8. The third-order valence-electron chi connectivity index (χ3n) is 3.55. The van der Waals surface area contributed by atoms with Crippen molar-refractivity contribution in [1.82, 2.24) is 15.0 Å². The van der Waals surface area contributed by atoms with Gasteiger partial charge in [0.05, 0.1) is 10.9 Å². The summed E-state index contributed by atoms with van der Waals surface area (Å²) in [6, 6.07) is 12.3. The fourth-order valence-electron chi connectivity index (χ4n) is 2.35. The molecule has 0 atom stereocenters. The Morgan fingerprint density at radius 1 is 1.17 bits per heavy atom. The average molecular weight is 309 g/mol. The van der Waals surface area contributed by atoms with Gasteiger partial charge in [-0.15, -0.1) is 5.10 Å². The average Bonchev–Trinajstić information content (AvgIpc) is 2.54. The number of esters is 1. The standard InChI is InChI=1S/C17H15N3O3/c1-11-7-8-13(12(2)9-11)17(22)23-10-20-16(21)14-5-3-4-6-15(14)18-19-20/h3-9H,10H2,1-2H3. The molecule has 0 fully saturated rings. The van der Waals surface area contributed by atoms with Gasteiger partial charge in [0.25, 0.3) is 5.56 Å². The number of aryl methyl sites for hydroxylation is 2. The van der Waals surface area contributed by atoms with Crippen LogP contribution in [0.4, 0.5) is 0 Å². The van der Waals surface area contributed by atoms with E-state index >= 15 is 0 Å². The molecule has 3 aromatic rings. The molecule has 0 bridgehead atoms. The van der Waals surface area contributed by atoms with E-state index in [1.807, 2.05) is 26.0 Å². The summed E-state index contributed by atoms with van der Waals surface area (Å²) in [6.45, 7) is 3.51. The summed E-state index contributed by atoms with van der Waals surface area (Å²) in [5, 5.41) is 8.16. The van der Waals surface area contributed by atoms with E-state index in [0.29, 0.717) is 16.5 Å². The van der Waals surface area contributed by atoms with Crippen LogP contribution in [0.3, 0.4) is 0 Å². The molecule has 0 unspecified atom stereocenters. The van der Waals surface area contributed by atoms with Gasteiger partial charge in [-0.3, -0.25) is 4.79 Å². The van der Waals surface area contributed by atoms with Crippen molar-refractivity contribution in [3.63, 3.8) is 0 Å². The second kappa shape index (κ2) is 6.00. The van der Waals surface area contributed by atoms with Crippen LogP contribution in [0, 0.1) is 13.8 Å². The van der Waals surface area contributed by atoms with Gasteiger partial charge in [0.2, 0.25) is 0 Å². The van der Waals surface area contributed by atoms with Crippen molar-refractivity contribution < 1.29 is 9.53 Å². The molecule has 3 rings (SSSR count). The molecular weight excluding hydrogens is 294 g/mol. The Morgan fingerprint density at radius 3 is 2.74 bits per heavy atom. The van der Waals surface area contributed by atoms with Crippen LogP contribution in [0.25, 0.3) is 10.9 Å². The van der Waals surface area contributed by atoms with Crippen LogP contribution in [0.5, 0.6) is 0 Å². The second-order valence-corrected chi connectivity index (χ2v) is 5.29. The largest absolute Gasteiger partial charge is 0.439 e. The molecule has 6 heteroatoms. The molecule has 23 heavy (non-hydrogen) atoms. The van der Waals surface area contributed by atoms with Crippen LogP contribution in [0.2, 0.25) is 0 Å². The van der Waals surface area contributed by atoms with E-state index in [4.69, 9.17) is 4.74 Å². The van der Waals surface area contributed by atoms with Gasteiger partial charge in [0.1, 0.15) is 5.52 Å². The summed E-state index contributed by atoms with van der Waals surface area (Å²) in [5.74, 6) is -0.496. The Morgan fingerprint density at radius 2 is 1.96 bits per heavy atom. The molecule has 0 N–H and O–H groups in total. The topological polar surface area (TPSA) is 74.1 Å². The molecule has 0 saturated heterocycles. The molecule has 6 nitrogen and oxygen atoms in total. The highest BCUT2D eigenvalue weighted by Crippen LogP contribution is 2.12. The number of aromatic nitrogens is 3. The van der Waals surface area contributed by atoms with Crippen molar-refractivity contribution >= 4 is 16.9 Å². The van der Waals surface area contributed by atoms with E-state index in [2.05, 4.69) is 10.3 Å². The second-order valence-electron chi connectivity index (χ2n) is 5.29. The summed E-state index contributed by atoms with van der Waals surface area (Å²) >= 11 is 0. The minimum absolute atomic E-state index is 0.275. The maximum atomic E-state index is 12.3. The van der Waals surface area contributed by atoms with Gasteiger partial charge in [-0.1, -0.05) is 35.0 Å². The van der Waals surface area contributed by atoms with Gasteiger partial charge >= 0.3 is 5.97 Å². The van der Waals surface area contributed by atoms with Gasteiger partial charge in [0.15, 0.2) is 6.73 Å². The number of carbonyl (C=O) groups is 1. The zero-order valence-corrected chi connectivity index (χ0v) is 12.8. The maximum Gasteiger partial charge on any atom is 0.340 e. The van der Waals surface area contributed by atoms with Crippen molar-refractivity contribution in [2.75, 3.05) is 0 Å². The van der Waals surface area contributed by atoms with Crippen LogP contribution in [0.1, 0.15) is 21.5 Å². The first-order valence-corrected chi connectivity index (χ1v) is 7.13. The molecule has 0 aliphatic rings. The lowest BCUT2D eigenvalue weighted by Gasteiger charge is -2.08. The third-order valence-corrected chi connectivity index (χ3v) is 3.55. The smallest absolute Gasteiger partial charge is 0.340 e. The van der Waals surface area contributed by atoms with E-state index < -0.39 is 5.97 Å². The van der Waals surface area contributed by atoms with Gasteiger partial charge in [-0.25, -0.2) is 4.79 Å². The van der Waals surface area contributed by atoms with Gasteiger partial charge in [0, 0.05) is 0 Å². The quantitative estimate of drug-likeness (QED) is 0.694. The monoisotopic (exact) mass is 309 g/mol. The van der Waals surface area contributed by atoms with Gasteiger partial charge < -0.3 is 4.74 Å². The molecule has 1 heterocycles. The Balaban J connectivity index is 1.82. The number of benzene rings is 2. The third kappa shape index (κ3) is 2.96. The lowest BCUT2D eigenvalue weighted by molar-refractivity contribution is 0.0335. The zero-order chi connectivity index (χ0) is 16.4. The number of hydrogen-bond acceptors (Lipinski definition) is 5. The molecular formula is C17H15N3O3. The molecule has 0 aliphatic heterocycles. The Kier molecular flexibility index (Phi) is 3.89. The molecule has 1 aromatic heterocycles. The lowest BCUT2D eigenvalue weighted by atomic mass is 10.1. The van der Waals surface area contributed by atoms with Crippen molar-refractivity contribution in [2.24, 2.45) is 0 Å². The minimum Gasteiger partial charge on any atom is -0.439 e. The summed E-state index contributed by atoms with van der Waals surface area (Å²) < 4.78 is 6.22. The van der Waals surface area contributed by atoms with Crippen molar-refractivity contribution in [3.8, 4) is 0 Å². The number of nitrogens with zero attached hydrogens (tertiary/aromatic N) is 3. The number of carbonyl (C=O) groups excluding carboxylic acids is 1. The lowest BCUT2D eigenvalue weighted by Crippen LogP contribution is -2.26. The van der Waals surface area contributed by atoms with E-state index in [0.717, 1.165) is 15.8 Å². The van der Waals surface area contributed by atoms with Gasteiger partial charge in [-0.05, 0) is 37.6 Å². The van der Waals surface area contributed by atoms with E-state index in [-0.39, 0.29) is 12.3 Å². The summed E-state index contributed by atoms with van der Waals surface area (Å²) in [6.07, 6.45) is 0. The first kappa shape index (κ1) is 14.9. The van der Waals surface area contributed by atoms with Crippen LogP contribution < -0.4 is 5.56 Å². The summed E-state index contributed by atoms with van der Waals surface area (Å²) in [5.41, 5.74) is 2.53. The van der Waals surface area contributed by atoms with Gasteiger partial charge in [-0.2, -0.15) is 4.68 Å². The van der Waals surface area contributed by atoms with Crippen molar-refractivity contribution in [2.45, 2.75) is 20.6 Å². The molecule has 0 aliphatic carbocycles. The fourth-order valence-corrected chi connectivity index (χ4v) is 2.35. The van der Waals surface area contributed by atoms with E-state index in [1.165, 1.54) is 0 Å². The number of ether oxygens (including phenoxy) is 1. The highest BCUT2D eigenvalue weighted by atomic mass is 16.5. The Labute approximate surface area is 132 Å². The summed E-state index contributed by atoms with van der Waals surface area (Å²) in [4.78, 5) is 24.4. The molecule has 0 saturated carbocycles. The molecule has 116 valence electrons. The van der Waals surface area contributed by atoms with Crippen LogP contribution in [0.15, 0.2) is 47.3 Å². The highest BCUT2D eigenvalue weighted by molar-refractivity contribution is 5.91. The van der Waals surface area contributed by atoms with E-state index in [9.17, 15) is 9.59 Å². The van der Waals surface area contributed by atoms with Crippen LogP contribution >= 0.6 is 0 Å². The predicted octanol–water partition coefficient (Wildman–Crippen LogP) is 2.22. The first-order valence-electron chi connectivity index (χ1n) is 7.13. The maximum absolute atomic E-state index is 12.3. The number of hydrogen-bond donors (Lipinski definition) is 0. The molecule has 2 aromatic carbocycles.